The van der Waals surface area contributed by atoms with Gasteiger partial charge in [0, 0.05) is 6.42 Å². The molecular weight excluding hydrogens is 214 g/mol. The van der Waals surface area contributed by atoms with Gasteiger partial charge >= 0.3 is 0 Å². The quantitative estimate of drug-likeness (QED) is 0.699. The minimum absolute atomic E-state index is 0.736. The van der Waals surface area contributed by atoms with E-state index in [4.69, 9.17) is 4.52 Å². The fraction of sp³-hybridized carbons (Fsp3) is 0.846. The molecule has 0 aromatic carbocycles. The van der Waals surface area contributed by atoms with Crippen molar-refractivity contribution in [3.05, 3.63) is 11.7 Å². The summed E-state index contributed by atoms with van der Waals surface area (Å²) < 4.78 is 5.24. The fourth-order valence-corrected chi connectivity index (χ4v) is 1.58. The maximum Gasteiger partial charge on any atom is 0.240 e. The number of hydrogen-bond donors (Lipinski definition) is 0. The van der Waals surface area contributed by atoms with Gasteiger partial charge in [-0.2, -0.15) is 4.98 Å². The standard InChI is InChI=1S/C13H25N3O/c1-5-6-7-12-14-13(17-15-12)10-16(4)9-8-11(2)3/h11H,5-10H2,1-4H3. The van der Waals surface area contributed by atoms with Gasteiger partial charge in [0.15, 0.2) is 5.82 Å². The zero-order valence-corrected chi connectivity index (χ0v) is 11.6. The highest BCUT2D eigenvalue weighted by Crippen LogP contribution is 2.06. The average Bonchev–Trinajstić information content (AvgIpc) is 2.71. The number of aromatic nitrogens is 2. The lowest BCUT2D eigenvalue weighted by Gasteiger charge is -2.15. The number of rotatable bonds is 8. The van der Waals surface area contributed by atoms with Crippen LogP contribution in [0.1, 0.15) is 51.7 Å². The predicted molar refractivity (Wildman–Crippen MR) is 68.7 cm³/mol. The van der Waals surface area contributed by atoms with Gasteiger partial charge in [0.05, 0.1) is 6.54 Å². The maximum atomic E-state index is 5.24. The van der Waals surface area contributed by atoms with Crippen LogP contribution in [0.4, 0.5) is 0 Å². The smallest absolute Gasteiger partial charge is 0.240 e. The minimum Gasteiger partial charge on any atom is -0.338 e. The number of nitrogens with zero attached hydrogens (tertiary/aromatic N) is 3. The Hall–Kier alpha value is -0.900. The second kappa shape index (κ2) is 7.43. The normalized spacial score (nSPS) is 11.6. The lowest BCUT2D eigenvalue weighted by molar-refractivity contribution is 0.254. The molecule has 4 heteroatoms. The Morgan fingerprint density at radius 2 is 2.12 bits per heavy atom. The summed E-state index contributed by atoms with van der Waals surface area (Å²) in [7, 11) is 2.10. The van der Waals surface area contributed by atoms with Gasteiger partial charge in [-0.15, -0.1) is 0 Å². The van der Waals surface area contributed by atoms with Crippen molar-refractivity contribution in [1.82, 2.24) is 15.0 Å². The van der Waals surface area contributed by atoms with Crippen molar-refractivity contribution in [2.24, 2.45) is 5.92 Å². The molecule has 0 unspecified atom stereocenters. The average molecular weight is 239 g/mol. The summed E-state index contributed by atoms with van der Waals surface area (Å²) >= 11 is 0. The molecule has 0 amide bonds. The van der Waals surface area contributed by atoms with E-state index in [-0.39, 0.29) is 0 Å². The first-order valence-corrected chi connectivity index (χ1v) is 6.61. The number of hydrogen-bond acceptors (Lipinski definition) is 4. The van der Waals surface area contributed by atoms with Crippen LogP contribution in [0.25, 0.3) is 0 Å². The van der Waals surface area contributed by atoms with E-state index in [0.29, 0.717) is 0 Å². The van der Waals surface area contributed by atoms with E-state index in [1.165, 1.54) is 6.42 Å². The molecule has 1 aromatic heterocycles. The molecule has 0 atom stereocenters. The molecule has 0 aliphatic rings. The summed E-state index contributed by atoms with van der Waals surface area (Å²) in [6.45, 7) is 8.48. The molecular formula is C13H25N3O. The molecule has 4 nitrogen and oxygen atoms in total. The van der Waals surface area contributed by atoms with Crippen molar-refractivity contribution in [3.63, 3.8) is 0 Å². The van der Waals surface area contributed by atoms with Gasteiger partial charge in [-0.3, -0.25) is 4.90 Å². The SMILES string of the molecule is CCCCc1noc(CN(C)CCC(C)C)n1. The van der Waals surface area contributed by atoms with Crippen LogP contribution in [0.5, 0.6) is 0 Å². The zero-order valence-electron chi connectivity index (χ0n) is 11.6. The lowest BCUT2D eigenvalue weighted by Crippen LogP contribution is -2.20. The highest BCUT2D eigenvalue weighted by molar-refractivity contribution is 4.86. The molecule has 0 aliphatic heterocycles. The van der Waals surface area contributed by atoms with Gasteiger partial charge in [0.1, 0.15) is 0 Å². The van der Waals surface area contributed by atoms with Crippen LogP contribution in [0.3, 0.4) is 0 Å². The van der Waals surface area contributed by atoms with Gasteiger partial charge in [-0.25, -0.2) is 0 Å². The van der Waals surface area contributed by atoms with E-state index in [1.807, 2.05) is 0 Å². The Labute approximate surface area is 104 Å². The fourth-order valence-electron chi connectivity index (χ4n) is 1.58. The molecule has 1 aromatic rings. The summed E-state index contributed by atoms with van der Waals surface area (Å²) in [6, 6.07) is 0. The molecule has 0 bridgehead atoms. The van der Waals surface area contributed by atoms with Crippen LogP contribution >= 0.6 is 0 Å². The topological polar surface area (TPSA) is 42.2 Å². The highest BCUT2D eigenvalue weighted by atomic mass is 16.5. The molecule has 0 saturated heterocycles. The van der Waals surface area contributed by atoms with Crippen molar-refractivity contribution < 1.29 is 4.52 Å². The molecule has 0 radical (unpaired) electrons. The predicted octanol–water partition coefficient (Wildman–Crippen LogP) is 2.89. The monoisotopic (exact) mass is 239 g/mol. The maximum absolute atomic E-state index is 5.24. The molecule has 98 valence electrons. The Balaban J connectivity index is 2.32. The summed E-state index contributed by atoms with van der Waals surface area (Å²) in [5.41, 5.74) is 0. The largest absolute Gasteiger partial charge is 0.338 e. The van der Waals surface area contributed by atoms with E-state index in [0.717, 1.165) is 50.0 Å². The van der Waals surface area contributed by atoms with Crippen LogP contribution in [0, 0.1) is 5.92 Å². The van der Waals surface area contributed by atoms with E-state index in [1.54, 1.807) is 0 Å². The van der Waals surface area contributed by atoms with Crippen molar-refractivity contribution in [1.29, 1.82) is 0 Å². The van der Waals surface area contributed by atoms with E-state index >= 15 is 0 Å². The van der Waals surface area contributed by atoms with E-state index in [2.05, 4.69) is 42.9 Å². The minimum atomic E-state index is 0.736. The highest BCUT2D eigenvalue weighted by Gasteiger charge is 2.09. The molecule has 0 aliphatic carbocycles. The Kier molecular flexibility index (Phi) is 6.19. The molecule has 1 rings (SSSR count). The van der Waals surface area contributed by atoms with Crippen molar-refractivity contribution in [2.75, 3.05) is 13.6 Å². The third-order valence-electron chi connectivity index (χ3n) is 2.76. The molecule has 0 fully saturated rings. The first-order chi connectivity index (χ1) is 8.11. The first kappa shape index (κ1) is 14.2. The van der Waals surface area contributed by atoms with Gasteiger partial charge in [0.2, 0.25) is 5.89 Å². The Morgan fingerprint density at radius 3 is 2.76 bits per heavy atom. The van der Waals surface area contributed by atoms with E-state index in [9.17, 15) is 0 Å². The molecule has 0 spiro atoms. The molecule has 1 heterocycles. The van der Waals surface area contributed by atoms with Gasteiger partial charge < -0.3 is 4.52 Å². The number of unbranched alkanes of at least 4 members (excludes halogenated alkanes) is 1. The second-order valence-electron chi connectivity index (χ2n) is 5.13. The molecule has 0 saturated carbocycles. The number of aryl methyl sites for hydroxylation is 1. The summed E-state index contributed by atoms with van der Waals surface area (Å²) in [5.74, 6) is 2.32. The molecule has 17 heavy (non-hydrogen) atoms. The third-order valence-corrected chi connectivity index (χ3v) is 2.76. The van der Waals surface area contributed by atoms with Crippen LogP contribution in [-0.2, 0) is 13.0 Å². The van der Waals surface area contributed by atoms with Crippen LogP contribution < -0.4 is 0 Å². The zero-order chi connectivity index (χ0) is 12.7. The van der Waals surface area contributed by atoms with Crippen molar-refractivity contribution in [2.45, 2.75) is 53.0 Å². The lowest BCUT2D eigenvalue weighted by atomic mass is 10.1. The van der Waals surface area contributed by atoms with Crippen LogP contribution in [-0.4, -0.2) is 28.6 Å². The summed E-state index contributed by atoms with van der Waals surface area (Å²) in [5, 5.41) is 3.99. The second-order valence-corrected chi connectivity index (χ2v) is 5.13. The molecule has 0 N–H and O–H groups in total. The van der Waals surface area contributed by atoms with Crippen molar-refractivity contribution >= 4 is 0 Å². The van der Waals surface area contributed by atoms with Gasteiger partial charge in [-0.1, -0.05) is 32.3 Å². The Morgan fingerprint density at radius 1 is 1.35 bits per heavy atom. The van der Waals surface area contributed by atoms with Gasteiger partial charge in [0.25, 0.3) is 0 Å². The first-order valence-electron chi connectivity index (χ1n) is 6.61. The third kappa shape index (κ3) is 5.82. The summed E-state index contributed by atoms with van der Waals surface area (Å²) in [6.07, 6.45) is 4.42. The van der Waals surface area contributed by atoms with Gasteiger partial charge in [-0.05, 0) is 32.4 Å². The van der Waals surface area contributed by atoms with Crippen LogP contribution in [0.15, 0.2) is 4.52 Å². The van der Waals surface area contributed by atoms with Crippen LogP contribution in [0.2, 0.25) is 0 Å². The Bertz CT molecular complexity index is 309. The van der Waals surface area contributed by atoms with Crippen molar-refractivity contribution in [3.8, 4) is 0 Å². The van der Waals surface area contributed by atoms with E-state index < -0.39 is 0 Å². The summed E-state index contributed by atoms with van der Waals surface area (Å²) in [4.78, 5) is 6.63.